The van der Waals surface area contributed by atoms with Crippen LogP contribution in [0.5, 0.6) is 11.5 Å². The Morgan fingerprint density at radius 3 is 2.57 bits per heavy atom. The van der Waals surface area contributed by atoms with Crippen molar-refractivity contribution in [2.75, 3.05) is 10.6 Å². The van der Waals surface area contributed by atoms with Gasteiger partial charge in [0.25, 0.3) is 5.91 Å². The first kappa shape index (κ1) is 17.7. The Bertz CT molecular complexity index is 1080. The minimum absolute atomic E-state index is 0.102. The van der Waals surface area contributed by atoms with Gasteiger partial charge in [-0.1, -0.05) is 18.2 Å². The normalized spacial score (nSPS) is 12.1. The molecule has 140 valence electrons. The summed E-state index contributed by atoms with van der Waals surface area (Å²) in [5.41, 5.74) is 3.10. The highest BCUT2D eigenvalue weighted by Crippen LogP contribution is 2.37. The highest BCUT2D eigenvalue weighted by molar-refractivity contribution is 6.09. The third-order valence-electron chi connectivity index (χ3n) is 4.39. The molecule has 0 atom stereocenters. The molecule has 0 unspecified atom stereocenters. The van der Waals surface area contributed by atoms with E-state index in [0.717, 1.165) is 5.56 Å². The maximum atomic E-state index is 13.0. The topological polar surface area (TPSA) is 67.4 Å². The fraction of sp³-hybridized carbons (Fsp3) is 0.0909. The number of carbonyl (C=O) groups excluding carboxylic acids is 2. The van der Waals surface area contributed by atoms with Crippen molar-refractivity contribution in [3.05, 3.63) is 83.2 Å². The molecule has 0 saturated heterocycles. The molecule has 3 aromatic carbocycles. The zero-order valence-electron chi connectivity index (χ0n) is 15.1. The maximum Gasteiger partial charge on any atom is 0.259 e. The lowest BCUT2D eigenvalue weighted by molar-refractivity contribution is -0.115. The average Bonchev–Trinajstić information content (AvgIpc) is 2.79. The van der Waals surface area contributed by atoms with Crippen LogP contribution in [0.2, 0.25) is 0 Å². The van der Waals surface area contributed by atoms with Crippen molar-refractivity contribution in [2.45, 2.75) is 13.3 Å². The van der Waals surface area contributed by atoms with Gasteiger partial charge in [0.15, 0.2) is 5.75 Å². The van der Waals surface area contributed by atoms with E-state index in [0.29, 0.717) is 34.0 Å². The molecule has 0 saturated carbocycles. The second-order valence-corrected chi connectivity index (χ2v) is 6.62. The van der Waals surface area contributed by atoms with Crippen molar-refractivity contribution in [1.82, 2.24) is 0 Å². The zero-order valence-corrected chi connectivity index (χ0v) is 15.1. The van der Waals surface area contributed by atoms with Gasteiger partial charge >= 0.3 is 0 Å². The van der Waals surface area contributed by atoms with Gasteiger partial charge in [-0.05, 0) is 60.5 Å². The summed E-state index contributed by atoms with van der Waals surface area (Å²) in [5, 5.41) is 5.59. The average molecular weight is 376 g/mol. The fourth-order valence-corrected chi connectivity index (χ4v) is 3.01. The van der Waals surface area contributed by atoms with E-state index in [-0.39, 0.29) is 24.1 Å². The van der Waals surface area contributed by atoms with Gasteiger partial charge in [-0.15, -0.1) is 0 Å². The summed E-state index contributed by atoms with van der Waals surface area (Å²) in [5.74, 6) is 0.0500. The Morgan fingerprint density at radius 1 is 1.04 bits per heavy atom. The summed E-state index contributed by atoms with van der Waals surface area (Å²) in [6.45, 7) is 1.93. The van der Waals surface area contributed by atoms with Crippen LogP contribution in [0.1, 0.15) is 21.5 Å². The van der Waals surface area contributed by atoms with E-state index < -0.39 is 0 Å². The van der Waals surface area contributed by atoms with E-state index in [4.69, 9.17) is 4.74 Å². The van der Waals surface area contributed by atoms with Crippen LogP contribution in [-0.4, -0.2) is 11.8 Å². The molecule has 28 heavy (non-hydrogen) atoms. The smallest absolute Gasteiger partial charge is 0.259 e. The predicted octanol–water partition coefficient (Wildman–Crippen LogP) is 4.67. The van der Waals surface area contributed by atoms with Crippen molar-refractivity contribution in [2.24, 2.45) is 0 Å². The molecule has 0 spiro atoms. The van der Waals surface area contributed by atoms with Gasteiger partial charge in [0.2, 0.25) is 5.91 Å². The number of hydrogen-bond acceptors (Lipinski definition) is 3. The second-order valence-electron chi connectivity index (χ2n) is 6.62. The van der Waals surface area contributed by atoms with Crippen LogP contribution in [0.25, 0.3) is 0 Å². The summed E-state index contributed by atoms with van der Waals surface area (Å²) in [6.07, 6.45) is 0.102. The predicted molar refractivity (Wildman–Crippen MR) is 104 cm³/mol. The van der Waals surface area contributed by atoms with E-state index in [2.05, 4.69) is 10.6 Å². The van der Waals surface area contributed by atoms with Crippen molar-refractivity contribution in [3.8, 4) is 11.5 Å². The molecule has 5 nitrogen and oxygen atoms in total. The minimum Gasteiger partial charge on any atom is -0.454 e. The van der Waals surface area contributed by atoms with E-state index in [1.807, 2.05) is 19.1 Å². The first-order chi connectivity index (χ1) is 13.5. The summed E-state index contributed by atoms with van der Waals surface area (Å²) in [4.78, 5) is 24.9. The number of benzene rings is 3. The molecular weight excluding hydrogens is 359 g/mol. The Labute approximate surface area is 161 Å². The lowest BCUT2D eigenvalue weighted by Gasteiger charge is -2.10. The molecule has 0 aromatic heterocycles. The molecule has 0 fully saturated rings. The van der Waals surface area contributed by atoms with Gasteiger partial charge < -0.3 is 15.4 Å². The van der Waals surface area contributed by atoms with Crippen LogP contribution in [0.15, 0.2) is 60.7 Å². The van der Waals surface area contributed by atoms with E-state index in [1.54, 1.807) is 36.4 Å². The van der Waals surface area contributed by atoms with Crippen molar-refractivity contribution in [3.63, 3.8) is 0 Å². The second kappa shape index (κ2) is 7.15. The first-order valence-electron chi connectivity index (χ1n) is 8.76. The Kier molecular flexibility index (Phi) is 4.53. The van der Waals surface area contributed by atoms with Crippen LogP contribution in [0, 0.1) is 12.7 Å². The number of rotatable bonds is 3. The number of hydrogen-bond donors (Lipinski definition) is 2. The third kappa shape index (κ3) is 3.71. The maximum absolute atomic E-state index is 13.0. The highest BCUT2D eigenvalue weighted by atomic mass is 19.1. The van der Waals surface area contributed by atoms with Crippen LogP contribution >= 0.6 is 0 Å². The lowest BCUT2D eigenvalue weighted by Crippen LogP contribution is -2.16. The molecule has 0 bridgehead atoms. The SMILES string of the molecule is Cc1ccc2c(c1)NC(=O)c1cc(NC(=O)Cc3ccc(F)cc3)ccc1O2. The van der Waals surface area contributed by atoms with Crippen molar-refractivity contribution in [1.29, 1.82) is 0 Å². The Morgan fingerprint density at radius 2 is 1.79 bits per heavy atom. The van der Waals surface area contributed by atoms with E-state index in [9.17, 15) is 14.0 Å². The fourth-order valence-electron chi connectivity index (χ4n) is 3.01. The number of carbonyl (C=O) groups is 2. The molecule has 1 aliphatic rings. The van der Waals surface area contributed by atoms with Crippen molar-refractivity contribution < 1.29 is 18.7 Å². The minimum atomic E-state index is -0.350. The molecule has 6 heteroatoms. The molecule has 1 aliphatic heterocycles. The largest absolute Gasteiger partial charge is 0.454 e. The summed E-state index contributed by atoms with van der Waals surface area (Å²) in [6, 6.07) is 16.2. The Balaban J connectivity index is 1.53. The molecule has 0 aliphatic carbocycles. The first-order valence-corrected chi connectivity index (χ1v) is 8.76. The van der Waals surface area contributed by atoms with Crippen molar-refractivity contribution >= 4 is 23.2 Å². The zero-order chi connectivity index (χ0) is 19.7. The number of fused-ring (bicyclic) bond motifs is 2. The number of halogens is 1. The molecule has 0 radical (unpaired) electrons. The van der Waals surface area contributed by atoms with Gasteiger partial charge in [0, 0.05) is 5.69 Å². The van der Waals surface area contributed by atoms with Gasteiger partial charge in [-0.2, -0.15) is 0 Å². The van der Waals surface area contributed by atoms with Gasteiger partial charge in [0.1, 0.15) is 11.6 Å². The van der Waals surface area contributed by atoms with Crippen LogP contribution in [-0.2, 0) is 11.2 Å². The number of amides is 2. The highest BCUT2D eigenvalue weighted by Gasteiger charge is 2.21. The summed E-state index contributed by atoms with van der Waals surface area (Å²) >= 11 is 0. The Hall–Kier alpha value is -3.67. The van der Waals surface area contributed by atoms with E-state index >= 15 is 0 Å². The van der Waals surface area contributed by atoms with Crippen LogP contribution in [0.3, 0.4) is 0 Å². The monoisotopic (exact) mass is 376 g/mol. The molecule has 3 aromatic rings. The molecule has 2 N–H and O–H groups in total. The van der Waals surface area contributed by atoms with Crippen LogP contribution < -0.4 is 15.4 Å². The summed E-state index contributed by atoms with van der Waals surface area (Å²) in [7, 11) is 0. The van der Waals surface area contributed by atoms with E-state index in [1.165, 1.54) is 12.1 Å². The molecular formula is C22H17FN2O3. The van der Waals surface area contributed by atoms with Gasteiger partial charge in [-0.25, -0.2) is 4.39 Å². The summed E-state index contributed by atoms with van der Waals surface area (Å²) < 4.78 is 18.8. The van der Waals surface area contributed by atoms with Gasteiger partial charge in [-0.3, -0.25) is 9.59 Å². The molecule has 4 rings (SSSR count). The lowest BCUT2D eigenvalue weighted by atomic mass is 10.1. The quantitative estimate of drug-likeness (QED) is 0.698. The van der Waals surface area contributed by atoms with Gasteiger partial charge in [0.05, 0.1) is 17.7 Å². The van der Waals surface area contributed by atoms with Crippen LogP contribution in [0.4, 0.5) is 15.8 Å². The number of aryl methyl sites for hydroxylation is 1. The third-order valence-corrected chi connectivity index (χ3v) is 4.39. The molecule has 2 amide bonds. The molecule has 1 heterocycles. The number of anilines is 2. The number of ether oxygens (including phenoxy) is 1. The standard InChI is InChI=1S/C22H17FN2O3/c1-13-2-8-20-18(10-13)25-22(27)17-12-16(7-9-19(17)28-20)24-21(26)11-14-3-5-15(23)6-4-14/h2-10,12H,11H2,1H3,(H,24,26)(H,25,27). The number of nitrogens with one attached hydrogen (secondary N) is 2.